The fourth-order valence-corrected chi connectivity index (χ4v) is 2.51. The summed E-state index contributed by atoms with van der Waals surface area (Å²) in [5.41, 5.74) is 0.969. The molecule has 0 amide bonds. The second-order valence-electron chi connectivity index (χ2n) is 4.82. The molecule has 0 saturated heterocycles. The third-order valence-electron chi connectivity index (χ3n) is 3.43. The van der Waals surface area contributed by atoms with Crippen molar-refractivity contribution in [2.45, 2.75) is 51.1 Å². The molecule has 0 spiro atoms. The van der Waals surface area contributed by atoms with Gasteiger partial charge in [0.15, 0.2) is 0 Å². The molecule has 94 valence electrons. The zero-order valence-electron chi connectivity index (χ0n) is 10.0. The fourth-order valence-electron chi connectivity index (χ4n) is 2.40. The number of halogens is 2. The Morgan fingerprint density at radius 1 is 1.18 bits per heavy atom. The lowest BCUT2D eigenvalue weighted by molar-refractivity contribution is 0.458. The molecule has 1 fully saturated rings. The summed E-state index contributed by atoms with van der Waals surface area (Å²) < 4.78 is 13.3. The van der Waals surface area contributed by atoms with E-state index >= 15 is 0 Å². The van der Waals surface area contributed by atoms with Crippen LogP contribution in [0.3, 0.4) is 0 Å². The van der Waals surface area contributed by atoms with Gasteiger partial charge in [0.25, 0.3) is 0 Å². The van der Waals surface area contributed by atoms with Crippen molar-refractivity contribution in [1.29, 1.82) is 0 Å². The molecule has 1 aromatic carbocycles. The van der Waals surface area contributed by atoms with Crippen LogP contribution in [-0.2, 0) is 6.54 Å². The van der Waals surface area contributed by atoms with Gasteiger partial charge in [-0.05, 0) is 30.5 Å². The first-order chi connectivity index (χ1) is 8.25. The SMILES string of the molecule is Fc1cc(CNC2CCCCCC2)ccc1Cl. The van der Waals surface area contributed by atoms with Gasteiger partial charge in [-0.3, -0.25) is 0 Å². The molecule has 0 unspecified atom stereocenters. The molecular formula is C14H19ClFN. The van der Waals surface area contributed by atoms with Crippen LogP contribution in [0.15, 0.2) is 18.2 Å². The van der Waals surface area contributed by atoms with E-state index in [2.05, 4.69) is 5.32 Å². The maximum Gasteiger partial charge on any atom is 0.142 e. The predicted molar refractivity (Wildman–Crippen MR) is 69.7 cm³/mol. The minimum atomic E-state index is -0.327. The normalized spacial score (nSPS) is 18.0. The Hall–Kier alpha value is -0.600. The van der Waals surface area contributed by atoms with Crippen LogP contribution in [-0.4, -0.2) is 6.04 Å². The Balaban J connectivity index is 1.85. The largest absolute Gasteiger partial charge is 0.310 e. The Morgan fingerprint density at radius 3 is 2.53 bits per heavy atom. The average molecular weight is 256 g/mol. The molecule has 0 heterocycles. The predicted octanol–water partition coefficient (Wildman–Crippen LogP) is 4.29. The van der Waals surface area contributed by atoms with Crippen LogP contribution >= 0.6 is 11.6 Å². The molecule has 0 aromatic heterocycles. The van der Waals surface area contributed by atoms with E-state index in [1.54, 1.807) is 6.07 Å². The number of hydrogen-bond acceptors (Lipinski definition) is 1. The van der Waals surface area contributed by atoms with E-state index < -0.39 is 0 Å². The van der Waals surface area contributed by atoms with Gasteiger partial charge in [-0.15, -0.1) is 0 Å². The Labute approximate surface area is 107 Å². The van der Waals surface area contributed by atoms with Crippen molar-refractivity contribution in [3.05, 3.63) is 34.6 Å². The second-order valence-corrected chi connectivity index (χ2v) is 5.23. The van der Waals surface area contributed by atoms with Crippen molar-refractivity contribution in [2.24, 2.45) is 0 Å². The summed E-state index contributed by atoms with van der Waals surface area (Å²) in [5, 5.41) is 3.71. The van der Waals surface area contributed by atoms with E-state index in [0.717, 1.165) is 12.1 Å². The maximum absolute atomic E-state index is 13.3. The lowest BCUT2D eigenvalue weighted by Crippen LogP contribution is -2.27. The highest BCUT2D eigenvalue weighted by Gasteiger charge is 2.11. The van der Waals surface area contributed by atoms with E-state index in [4.69, 9.17) is 11.6 Å². The smallest absolute Gasteiger partial charge is 0.142 e. The lowest BCUT2D eigenvalue weighted by atomic mass is 10.1. The minimum absolute atomic E-state index is 0.197. The third kappa shape index (κ3) is 3.97. The molecule has 3 heteroatoms. The quantitative estimate of drug-likeness (QED) is 0.795. The molecular weight excluding hydrogens is 237 g/mol. The van der Waals surface area contributed by atoms with Crippen molar-refractivity contribution in [1.82, 2.24) is 5.32 Å². The molecule has 0 bridgehead atoms. The van der Waals surface area contributed by atoms with Gasteiger partial charge in [0.1, 0.15) is 5.82 Å². The van der Waals surface area contributed by atoms with Crippen LogP contribution in [0.1, 0.15) is 44.1 Å². The van der Waals surface area contributed by atoms with E-state index in [9.17, 15) is 4.39 Å². The number of nitrogens with one attached hydrogen (secondary N) is 1. The molecule has 1 aliphatic rings. The summed E-state index contributed by atoms with van der Waals surface area (Å²) in [6.45, 7) is 0.735. The summed E-state index contributed by atoms with van der Waals surface area (Å²) >= 11 is 5.66. The van der Waals surface area contributed by atoms with Crippen molar-refractivity contribution < 1.29 is 4.39 Å². The highest BCUT2D eigenvalue weighted by molar-refractivity contribution is 6.30. The highest BCUT2D eigenvalue weighted by Crippen LogP contribution is 2.19. The summed E-state index contributed by atoms with van der Waals surface area (Å²) in [6.07, 6.45) is 7.83. The molecule has 1 aromatic rings. The molecule has 1 aliphatic carbocycles. The van der Waals surface area contributed by atoms with Crippen LogP contribution in [0.2, 0.25) is 5.02 Å². The number of benzene rings is 1. The van der Waals surface area contributed by atoms with Crippen molar-refractivity contribution in [3.63, 3.8) is 0 Å². The highest BCUT2D eigenvalue weighted by atomic mass is 35.5. The molecule has 1 nitrogen and oxygen atoms in total. The number of rotatable bonds is 3. The number of hydrogen-bond donors (Lipinski definition) is 1. The molecule has 0 atom stereocenters. The van der Waals surface area contributed by atoms with Crippen LogP contribution in [0.4, 0.5) is 4.39 Å². The van der Waals surface area contributed by atoms with Gasteiger partial charge < -0.3 is 5.32 Å². The van der Waals surface area contributed by atoms with Crippen LogP contribution in [0.5, 0.6) is 0 Å². The minimum Gasteiger partial charge on any atom is -0.310 e. The Kier molecular flexibility index (Phi) is 4.81. The second kappa shape index (κ2) is 6.36. The van der Waals surface area contributed by atoms with Gasteiger partial charge in [0.05, 0.1) is 5.02 Å². The Morgan fingerprint density at radius 2 is 1.88 bits per heavy atom. The van der Waals surface area contributed by atoms with Gasteiger partial charge in [-0.2, -0.15) is 0 Å². The maximum atomic E-state index is 13.3. The van der Waals surface area contributed by atoms with Crippen molar-refractivity contribution in [2.75, 3.05) is 0 Å². The van der Waals surface area contributed by atoms with E-state index in [-0.39, 0.29) is 10.8 Å². The molecule has 0 aliphatic heterocycles. The Bertz CT molecular complexity index is 359. The molecule has 0 radical (unpaired) electrons. The lowest BCUT2D eigenvalue weighted by Gasteiger charge is -2.16. The topological polar surface area (TPSA) is 12.0 Å². The third-order valence-corrected chi connectivity index (χ3v) is 3.74. The van der Waals surface area contributed by atoms with Gasteiger partial charge in [-0.1, -0.05) is 43.4 Å². The zero-order valence-corrected chi connectivity index (χ0v) is 10.8. The van der Waals surface area contributed by atoms with Gasteiger partial charge in [0.2, 0.25) is 0 Å². The van der Waals surface area contributed by atoms with Crippen molar-refractivity contribution in [3.8, 4) is 0 Å². The van der Waals surface area contributed by atoms with Gasteiger partial charge in [-0.25, -0.2) is 4.39 Å². The van der Waals surface area contributed by atoms with E-state index in [0.29, 0.717) is 6.04 Å². The standard InChI is InChI=1S/C14H19ClFN/c15-13-8-7-11(9-14(13)16)10-17-12-5-3-1-2-4-6-12/h7-9,12,17H,1-6,10H2. The van der Waals surface area contributed by atoms with E-state index in [1.165, 1.54) is 44.6 Å². The molecule has 2 rings (SSSR count). The molecule has 1 saturated carbocycles. The zero-order chi connectivity index (χ0) is 12.1. The first-order valence-corrected chi connectivity index (χ1v) is 6.81. The van der Waals surface area contributed by atoms with Crippen molar-refractivity contribution >= 4 is 11.6 Å². The molecule has 17 heavy (non-hydrogen) atoms. The van der Waals surface area contributed by atoms with Gasteiger partial charge in [0, 0.05) is 12.6 Å². The summed E-state index contributed by atoms with van der Waals surface area (Å²) in [5.74, 6) is -0.327. The van der Waals surface area contributed by atoms with Gasteiger partial charge >= 0.3 is 0 Å². The van der Waals surface area contributed by atoms with Crippen LogP contribution < -0.4 is 5.32 Å². The summed E-state index contributed by atoms with van der Waals surface area (Å²) in [6, 6.07) is 5.62. The van der Waals surface area contributed by atoms with E-state index in [1.807, 2.05) is 6.07 Å². The fraction of sp³-hybridized carbons (Fsp3) is 0.571. The average Bonchev–Trinajstić information content (AvgIpc) is 2.59. The summed E-state index contributed by atoms with van der Waals surface area (Å²) in [4.78, 5) is 0. The first kappa shape index (κ1) is 12.8. The first-order valence-electron chi connectivity index (χ1n) is 6.43. The monoisotopic (exact) mass is 255 g/mol. The molecule has 1 N–H and O–H groups in total. The summed E-state index contributed by atoms with van der Waals surface area (Å²) in [7, 11) is 0. The van der Waals surface area contributed by atoms with Crippen LogP contribution in [0, 0.1) is 5.82 Å². The van der Waals surface area contributed by atoms with Crippen LogP contribution in [0.25, 0.3) is 0 Å².